The van der Waals surface area contributed by atoms with Gasteiger partial charge in [0.25, 0.3) is 0 Å². The van der Waals surface area contributed by atoms with Crippen LogP contribution in [0.15, 0.2) is 12.4 Å². The molecule has 0 aromatic carbocycles. The fourth-order valence-corrected chi connectivity index (χ4v) is 1.89. The highest BCUT2D eigenvalue weighted by Crippen LogP contribution is 2.24. The summed E-state index contributed by atoms with van der Waals surface area (Å²) in [5, 5.41) is 7.96. The monoisotopic (exact) mass is 247 g/mol. The Kier molecular flexibility index (Phi) is 3.57. The van der Waals surface area contributed by atoms with E-state index >= 15 is 0 Å². The van der Waals surface area contributed by atoms with Gasteiger partial charge in [-0.25, -0.2) is 4.68 Å². The van der Waals surface area contributed by atoms with Gasteiger partial charge in [-0.1, -0.05) is 5.21 Å². The fourth-order valence-electron chi connectivity index (χ4n) is 1.89. The summed E-state index contributed by atoms with van der Waals surface area (Å²) in [6.45, 7) is 4.93. The number of aromatic nitrogens is 4. The molecule has 0 unspecified atom stereocenters. The highest BCUT2D eigenvalue weighted by Gasteiger charge is 2.10. The second kappa shape index (κ2) is 5.14. The van der Waals surface area contributed by atoms with Gasteiger partial charge in [0.15, 0.2) is 0 Å². The van der Waals surface area contributed by atoms with Crippen LogP contribution in [-0.2, 0) is 13.1 Å². The SMILES string of the molecule is COc1c(C)cnc(Cn2cc(CN)nn2)c1C. The molecule has 6 nitrogen and oxygen atoms in total. The highest BCUT2D eigenvalue weighted by molar-refractivity contribution is 5.41. The van der Waals surface area contributed by atoms with Crippen molar-refractivity contribution in [1.29, 1.82) is 0 Å². The number of nitrogens with zero attached hydrogens (tertiary/aromatic N) is 4. The Morgan fingerprint density at radius 1 is 1.39 bits per heavy atom. The largest absolute Gasteiger partial charge is 0.496 e. The zero-order chi connectivity index (χ0) is 13.1. The van der Waals surface area contributed by atoms with Gasteiger partial charge in [-0.2, -0.15) is 0 Å². The molecular formula is C12H17N5O. The Morgan fingerprint density at radius 2 is 2.17 bits per heavy atom. The predicted octanol–water partition coefficient (Wildman–Crippen LogP) is 0.806. The summed E-state index contributed by atoms with van der Waals surface area (Å²) in [7, 11) is 1.67. The van der Waals surface area contributed by atoms with E-state index in [0.717, 1.165) is 28.3 Å². The number of pyridine rings is 1. The Morgan fingerprint density at radius 3 is 2.78 bits per heavy atom. The predicted molar refractivity (Wildman–Crippen MR) is 67.3 cm³/mol. The molecule has 0 atom stereocenters. The minimum atomic E-state index is 0.392. The van der Waals surface area contributed by atoms with Gasteiger partial charge in [0, 0.05) is 23.9 Å². The van der Waals surface area contributed by atoms with Crippen molar-refractivity contribution in [2.45, 2.75) is 26.9 Å². The third-order valence-corrected chi connectivity index (χ3v) is 2.86. The lowest BCUT2D eigenvalue weighted by Gasteiger charge is -2.11. The lowest BCUT2D eigenvalue weighted by molar-refractivity contribution is 0.406. The second-order valence-electron chi connectivity index (χ2n) is 4.16. The molecule has 6 heteroatoms. The van der Waals surface area contributed by atoms with Gasteiger partial charge in [-0.3, -0.25) is 4.98 Å². The Hall–Kier alpha value is -1.95. The molecule has 2 heterocycles. The van der Waals surface area contributed by atoms with Gasteiger partial charge in [0.1, 0.15) is 5.75 Å². The van der Waals surface area contributed by atoms with Crippen LogP contribution < -0.4 is 10.5 Å². The molecule has 0 aliphatic carbocycles. The maximum atomic E-state index is 5.50. The summed E-state index contributed by atoms with van der Waals surface area (Å²) < 4.78 is 7.10. The summed E-state index contributed by atoms with van der Waals surface area (Å²) in [4.78, 5) is 4.42. The molecule has 0 radical (unpaired) electrons. The van der Waals surface area contributed by atoms with E-state index in [1.807, 2.05) is 26.2 Å². The highest BCUT2D eigenvalue weighted by atomic mass is 16.5. The third-order valence-electron chi connectivity index (χ3n) is 2.86. The molecule has 0 aliphatic heterocycles. The maximum absolute atomic E-state index is 5.50. The molecule has 0 spiro atoms. The molecule has 0 amide bonds. The van der Waals surface area contributed by atoms with Crippen LogP contribution in [0.2, 0.25) is 0 Å². The van der Waals surface area contributed by atoms with Crippen molar-refractivity contribution >= 4 is 0 Å². The maximum Gasteiger partial charge on any atom is 0.128 e. The molecule has 0 bridgehead atoms. The standard InChI is InChI=1S/C12H17N5O/c1-8-5-14-11(9(2)12(8)18-3)7-17-6-10(4-13)15-16-17/h5-6H,4,7,13H2,1-3H3. The molecule has 2 rings (SSSR count). The van der Waals surface area contributed by atoms with Gasteiger partial charge in [0.2, 0.25) is 0 Å². The average molecular weight is 247 g/mol. The van der Waals surface area contributed by atoms with Crippen LogP contribution >= 0.6 is 0 Å². The molecule has 0 saturated heterocycles. The second-order valence-corrected chi connectivity index (χ2v) is 4.16. The molecule has 2 aromatic rings. The van der Waals surface area contributed by atoms with E-state index in [4.69, 9.17) is 10.5 Å². The Bertz CT molecular complexity index is 549. The molecule has 18 heavy (non-hydrogen) atoms. The summed E-state index contributed by atoms with van der Waals surface area (Å²) in [5.41, 5.74) is 9.25. The number of nitrogens with two attached hydrogens (primary N) is 1. The van der Waals surface area contributed by atoms with Crippen LogP contribution in [0.1, 0.15) is 22.5 Å². The number of aryl methyl sites for hydroxylation is 1. The Labute approximate surface area is 106 Å². The van der Waals surface area contributed by atoms with E-state index in [1.165, 1.54) is 0 Å². The van der Waals surface area contributed by atoms with Gasteiger partial charge < -0.3 is 10.5 Å². The first-order valence-electron chi connectivity index (χ1n) is 5.73. The van der Waals surface area contributed by atoms with Crippen LogP contribution in [0.3, 0.4) is 0 Å². The minimum Gasteiger partial charge on any atom is -0.496 e. The molecule has 2 N–H and O–H groups in total. The summed E-state index contributed by atoms with van der Waals surface area (Å²) >= 11 is 0. The molecule has 0 aliphatic rings. The van der Waals surface area contributed by atoms with Gasteiger partial charge in [-0.15, -0.1) is 5.10 Å². The van der Waals surface area contributed by atoms with Gasteiger partial charge >= 0.3 is 0 Å². The zero-order valence-electron chi connectivity index (χ0n) is 10.8. The van der Waals surface area contributed by atoms with Crippen LogP contribution in [0.25, 0.3) is 0 Å². The van der Waals surface area contributed by atoms with Crippen LogP contribution in [0, 0.1) is 13.8 Å². The summed E-state index contributed by atoms with van der Waals surface area (Å²) in [6, 6.07) is 0. The zero-order valence-corrected chi connectivity index (χ0v) is 10.8. The van der Waals surface area contributed by atoms with E-state index < -0.39 is 0 Å². The normalized spacial score (nSPS) is 10.7. The van der Waals surface area contributed by atoms with Crippen LogP contribution in [0.5, 0.6) is 5.75 Å². The van der Waals surface area contributed by atoms with E-state index in [0.29, 0.717) is 13.1 Å². The smallest absolute Gasteiger partial charge is 0.128 e. The molecule has 96 valence electrons. The van der Waals surface area contributed by atoms with Crippen molar-refractivity contribution in [1.82, 2.24) is 20.0 Å². The first-order chi connectivity index (χ1) is 8.65. The lowest BCUT2D eigenvalue weighted by Crippen LogP contribution is -2.06. The van der Waals surface area contributed by atoms with E-state index in [9.17, 15) is 0 Å². The van der Waals surface area contributed by atoms with E-state index in [1.54, 1.807) is 11.8 Å². The number of rotatable bonds is 4. The molecule has 0 saturated carbocycles. The lowest BCUT2D eigenvalue weighted by atomic mass is 10.1. The van der Waals surface area contributed by atoms with Crippen molar-refractivity contribution in [2.24, 2.45) is 5.73 Å². The fraction of sp³-hybridized carbons (Fsp3) is 0.417. The van der Waals surface area contributed by atoms with Crippen molar-refractivity contribution < 1.29 is 4.74 Å². The van der Waals surface area contributed by atoms with Crippen molar-refractivity contribution in [3.05, 3.63) is 34.9 Å². The topological polar surface area (TPSA) is 78.9 Å². The number of methoxy groups -OCH3 is 1. The first kappa shape index (κ1) is 12.5. The average Bonchev–Trinajstić information content (AvgIpc) is 2.81. The first-order valence-corrected chi connectivity index (χ1v) is 5.73. The minimum absolute atomic E-state index is 0.392. The third kappa shape index (κ3) is 2.33. The van der Waals surface area contributed by atoms with E-state index in [2.05, 4.69) is 15.3 Å². The van der Waals surface area contributed by atoms with Gasteiger partial charge in [-0.05, 0) is 13.8 Å². The molecule has 2 aromatic heterocycles. The van der Waals surface area contributed by atoms with Gasteiger partial charge in [0.05, 0.1) is 31.2 Å². The summed E-state index contributed by atoms with van der Waals surface area (Å²) in [5.74, 6) is 0.874. The van der Waals surface area contributed by atoms with E-state index in [-0.39, 0.29) is 0 Å². The van der Waals surface area contributed by atoms with Crippen LogP contribution in [0.4, 0.5) is 0 Å². The number of hydrogen-bond acceptors (Lipinski definition) is 5. The number of hydrogen-bond donors (Lipinski definition) is 1. The van der Waals surface area contributed by atoms with Crippen molar-refractivity contribution in [2.75, 3.05) is 7.11 Å². The molecular weight excluding hydrogens is 230 g/mol. The van der Waals surface area contributed by atoms with Crippen LogP contribution in [-0.4, -0.2) is 27.1 Å². The quantitative estimate of drug-likeness (QED) is 0.864. The summed E-state index contributed by atoms with van der Waals surface area (Å²) in [6.07, 6.45) is 3.63. The van der Waals surface area contributed by atoms with Crippen molar-refractivity contribution in [3.63, 3.8) is 0 Å². The Balaban J connectivity index is 2.29. The molecule has 0 fully saturated rings. The van der Waals surface area contributed by atoms with Crippen molar-refractivity contribution in [3.8, 4) is 5.75 Å². The number of ether oxygens (including phenoxy) is 1.